The number of likely N-dealkylation sites (tertiary alicyclic amines) is 1. The van der Waals surface area contributed by atoms with Crippen molar-refractivity contribution < 1.29 is 13.2 Å². The molecule has 0 spiro atoms. The summed E-state index contributed by atoms with van der Waals surface area (Å²) in [6.45, 7) is 1.11. The third-order valence-corrected chi connectivity index (χ3v) is 6.82. The number of nitrogens with one attached hydrogen (secondary N) is 1. The molecule has 1 N–H and O–H groups in total. The van der Waals surface area contributed by atoms with E-state index in [4.69, 9.17) is 11.6 Å². The Kier molecular flexibility index (Phi) is 5.69. The highest BCUT2D eigenvalue weighted by atomic mass is 35.5. The Morgan fingerprint density at radius 3 is 2.62 bits per heavy atom. The number of rotatable bonds is 5. The summed E-state index contributed by atoms with van der Waals surface area (Å²) >= 11 is 6.56. The van der Waals surface area contributed by atoms with Crippen LogP contribution in [0.25, 0.3) is 11.1 Å². The van der Waals surface area contributed by atoms with Crippen LogP contribution in [-0.4, -0.2) is 44.6 Å². The third-order valence-electron chi connectivity index (χ3n) is 5.73. The summed E-state index contributed by atoms with van der Waals surface area (Å²) in [4.78, 5) is 14.9. The van der Waals surface area contributed by atoms with Crippen molar-refractivity contribution in [2.75, 3.05) is 19.3 Å². The average molecular weight is 433 g/mol. The molecule has 4 rings (SSSR count). The second-order valence-corrected chi connectivity index (χ2v) is 10.2. The van der Waals surface area contributed by atoms with Gasteiger partial charge in [0.25, 0.3) is 0 Å². The van der Waals surface area contributed by atoms with E-state index in [2.05, 4.69) is 22.9 Å². The molecule has 5 nitrogen and oxygen atoms in total. The molecule has 1 aliphatic heterocycles. The number of hydrogen-bond donors (Lipinski definition) is 1. The topological polar surface area (TPSA) is 66.5 Å². The lowest BCUT2D eigenvalue weighted by Gasteiger charge is -2.33. The second kappa shape index (κ2) is 8.09. The molecule has 0 unspecified atom stereocenters. The monoisotopic (exact) mass is 432 g/mol. The molecule has 3 atom stereocenters. The minimum absolute atomic E-state index is 0.0886. The van der Waals surface area contributed by atoms with E-state index in [1.165, 1.54) is 0 Å². The quantitative estimate of drug-likeness (QED) is 0.784. The number of piperidine rings is 1. The van der Waals surface area contributed by atoms with Crippen LogP contribution in [0.1, 0.15) is 30.7 Å². The van der Waals surface area contributed by atoms with E-state index in [9.17, 15) is 13.2 Å². The molecule has 2 aromatic carbocycles. The van der Waals surface area contributed by atoms with Crippen LogP contribution in [0.15, 0.2) is 48.5 Å². The van der Waals surface area contributed by atoms with Crippen molar-refractivity contribution in [2.24, 2.45) is 5.92 Å². The molecule has 0 aromatic heterocycles. The van der Waals surface area contributed by atoms with Gasteiger partial charge in [0.1, 0.15) is 0 Å². The highest BCUT2D eigenvalue weighted by Gasteiger charge is 2.48. The molecular weight excluding hydrogens is 408 g/mol. The first-order chi connectivity index (χ1) is 13.8. The van der Waals surface area contributed by atoms with Gasteiger partial charge in [-0.05, 0) is 47.9 Å². The molecule has 1 aliphatic carbocycles. The molecule has 29 heavy (non-hydrogen) atoms. The Hall–Kier alpha value is -1.89. The van der Waals surface area contributed by atoms with Crippen molar-refractivity contribution in [1.82, 2.24) is 9.62 Å². The van der Waals surface area contributed by atoms with E-state index in [1.807, 2.05) is 35.2 Å². The molecule has 1 saturated heterocycles. The summed E-state index contributed by atoms with van der Waals surface area (Å²) < 4.78 is 25.7. The van der Waals surface area contributed by atoms with Crippen LogP contribution in [0.2, 0.25) is 5.02 Å². The van der Waals surface area contributed by atoms with Crippen LogP contribution in [0.3, 0.4) is 0 Å². The number of hydrogen-bond acceptors (Lipinski definition) is 3. The van der Waals surface area contributed by atoms with Gasteiger partial charge in [0, 0.05) is 30.1 Å². The van der Waals surface area contributed by atoms with Crippen LogP contribution in [0.4, 0.5) is 0 Å². The molecular formula is C22H25ClN2O3S. The van der Waals surface area contributed by atoms with Crippen LogP contribution in [-0.2, 0) is 14.8 Å². The maximum atomic E-state index is 13.1. The summed E-state index contributed by atoms with van der Waals surface area (Å²) in [5.41, 5.74) is 3.22. The molecule has 1 heterocycles. The zero-order valence-electron chi connectivity index (χ0n) is 16.3. The Bertz CT molecular complexity index is 1010. The minimum Gasteiger partial charge on any atom is -0.341 e. The smallest absolute Gasteiger partial charge is 0.226 e. The Balaban J connectivity index is 1.51. The first-order valence-corrected chi connectivity index (χ1v) is 12.2. The van der Waals surface area contributed by atoms with E-state index < -0.39 is 10.0 Å². The van der Waals surface area contributed by atoms with Crippen molar-refractivity contribution in [3.63, 3.8) is 0 Å². The Labute approximate surface area is 177 Å². The highest BCUT2D eigenvalue weighted by Crippen LogP contribution is 2.53. The van der Waals surface area contributed by atoms with Crippen molar-refractivity contribution in [1.29, 1.82) is 0 Å². The lowest BCUT2D eigenvalue weighted by atomic mass is 9.95. The predicted octanol–water partition coefficient (Wildman–Crippen LogP) is 3.65. The predicted molar refractivity (Wildman–Crippen MR) is 115 cm³/mol. The summed E-state index contributed by atoms with van der Waals surface area (Å²) in [6.07, 6.45) is 3.50. The normalized spacial score (nSPS) is 24.3. The number of benzene rings is 2. The zero-order chi connectivity index (χ0) is 20.6. The van der Waals surface area contributed by atoms with Gasteiger partial charge in [-0.3, -0.25) is 4.79 Å². The van der Waals surface area contributed by atoms with Gasteiger partial charge in [0.05, 0.1) is 6.26 Å². The van der Waals surface area contributed by atoms with Crippen molar-refractivity contribution >= 4 is 27.5 Å². The van der Waals surface area contributed by atoms with Crippen LogP contribution >= 0.6 is 11.6 Å². The number of carbonyl (C=O) groups is 1. The maximum Gasteiger partial charge on any atom is 0.226 e. The Morgan fingerprint density at radius 2 is 1.90 bits per heavy atom. The number of carbonyl (C=O) groups excluding carboxylic acids is 1. The lowest BCUT2D eigenvalue weighted by molar-refractivity contribution is -0.133. The fraction of sp³-hybridized carbons (Fsp3) is 0.409. The van der Waals surface area contributed by atoms with Gasteiger partial charge in [-0.1, -0.05) is 54.1 Å². The highest BCUT2D eigenvalue weighted by molar-refractivity contribution is 7.88. The van der Waals surface area contributed by atoms with Gasteiger partial charge in [-0.2, -0.15) is 0 Å². The van der Waals surface area contributed by atoms with Gasteiger partial charge >= 0.3 is 0 Å². The number of amides is 1. The van der Waals surface area contributed by atoms with Crippen LogP contribution < -0.4 is 4.72 Å². The van der Waals surface area contributed by atoms with Gasteiger partial charge in [0.2, 0.25) is 15.9 Å². The maximum absolute atomic E-state index is 13.1. The van der Waals surface area contributed by atoms with Gasteiger partial charge in [0.15, 0.2) is 0 Å². The summed E-state index contributed by atoms with van der Waals surface area (Å²) in [5, 5.41) is 0.696. The largest absolute Gasteiger partial charge is 0.341 e. The van der Waals surface area contributed by atoms with Crippen LogP contribution in [0, 0.1) is 5.92 Å². The SMILES string of the molecule is CS(=O)(=O)N[C@@H]1CCCN(C(=O)[C@@H]2C[C@H]2c2c(Cl)cccc2-c2ccccc2)C1. The van der Waals surface area contributed by atoms with E-state index in [-0.39, 0.29) is 23.8 Å². The van der Waals surface area contributed by atoms with Crippen molar-refractivity contribution in [3.05, 3.63) is 59.1 Å². The molecule has 7 heteroatoms. The second-order valence-electron chi connectivity index (χ2n) is 8.03. The zero-order valence-corrected chi connectivity index (χ0v) is 17.9. The standard InChI is InChI=1S/C22H25ClN2O3S/c1-29(27,28)24-16-9-6-12-25(14-16)22(26)19-13-18(19)21-17(10-5-11-20(21)23)15-7-3-2-4-8-15/h2-5,7-8,10-11,16,18-19,24H,6,9,12-14H2,1H3/t16-,18-,19-/m1/s1. The number of nitrogens with zero attached hydrogens (tertiary/aromatic N) is 1. The van der Waals surface area contributed by atoms with E-state index >= 15 is 0 Å². The first-order valence-electron chi connectivity index (χ1n) is 9.93. The third kappa shape index (κ3) is 4.65. The van der Waals surface area contributed by atoms with E-state index in [0.717, 1.165) is 42.2 Å². The molecule has 1 amide bonds. The molecule has 2 aromatic rings. The molecule has 2 fully saturated rings. The molecule has 0 radical (unpaired) electrons. The number of halogens is 1. The Morgan fingerprint density at radius 1 is 1.14 bits per heavy atom. The van der Waals surface area contributed by atoms with Crippen molar-refractivity contribution in [3.8, 4) is 11.1 Å². The average Bonchev–Trinajstić information content (AvgIpc) is 3.47. The van der Waals surface area contributed by atoms with Crippen LogP contribution in [0.5, 0.6) is 0 Å². The van der Waals surface area contributed by atoms with E-state index in [1.54, 1.807) is 0 Å². The van der Waals surface area contributed by atoms with Crippen molar-refractivity contribution in [2.45, 2.75) is 31.2 Å². The fourth-order valence-electron chi connectivity index (χ4n) is 4.38. The molecule has 154 valence electrons. The molecule has 2 aliphatic rings. The van der Waals surface area contributed by atoms with E-state index in [0.29, 0.717) is 18.1 Å². The number of sulfonamides is 1. The summed E-state index contributed by atoms with van der Waals surface area (Å²) in [6, 6.07) is 15.8. The van der Waals surface area contributed by atoms with Gasteiger partial charge in [-0.15, -0.1) is 0 Å². The summed E-state index contributed by atoms with van der Waals surface area (Å²) in [5.74, 6) is 0.123. The van der Waals surface area contributed by atoms with Gasteiger partial charge < -0.3 is 4.90 Å². The van der Waals surface area contributed by atoms with Gasteiger partial charge in [-0.25, -0.2) is 13.1 Å². The minimum atomic E-state index is -3.28. The molecule has 1 saturated carbocycles. The molecule has 0 bridgehead atoms. The lowest BCUT2D eigenvalue weighted by Crippen LogP contribution is -2.49. The fourth-order valence-corrected chi connectivity index (χ4v) is 5.49. The first kappa shape index (κ1) is 20.4. The summed E-state index contributed by atoms with van der Waals surface area (Å²) in [7, 11) is -3.28.